The van der Waals surface area contributed by atoms with Gasteiger partial charge in [0.15, 0.2) is 5.76 Å². The van der Waals surface area contributed by atoms with Crippen LogP contribution in [0.3, 0.4) is 0 Å². The molecule has 0 spiro atoms. The first-order chi connectivity index (χ1) is 15.8. The van der Waals surface area contributed by atoms with Gasteiger partial charge in [-0.2, -0.15) is 0 Å². The zero-order valence-corrected chi connectivity index (χ0v) is 19.5. The molecule has 5 aromatic rings. The number of halogens is 2. The van der Waals surface area contributed by atoms with E-state index in [1.165, 1.54) is 28.0 Å². The van der Waals surface area contributed by atoms with E-state index in [4.69, 9.17) is 4.42 Å². The van der Waals surface area contributed by atoms with E-state index in [1.54, 1.807) is 18.3 Å². The molecule has 4 aromatic carbocycles. The van der Waals surface area contributed by atoms with Crippen LogP contribution in [0.25, 0.3) is 11.3 Å². The predicted octanol–water partition coefficient (Wildman–Crippen LogP) is 2.98. The molecule has 1 aromatic heterocycles. The summed E-state index contributed by atoms with van der Waals surface area (Å²) in [4.78, 5) is 4.64. The third-order valence-corrected chi connectivity index (χ3v) is 9.93. The highest BCUT2D eigenvalue weighted by molar-refractivity contribution is 7.95. The Labute approximate surface area is 199 Å². The maximum Gasteiger partial charge on any atom is 0.233 e. The van der Waals surface area contributed by atoms with Gasteiger partial charge in [0.2, 0.25) is 5.89 Å². The molecule has 33 heavy (non-hydrogen) atoms. The summed E-state index contributed by atoms with van der Waals surface area (Å²) < 4.78 is 19.6. The largest absolute Gasteiger partial charge is 1.00 e. The fourth-order valence-electron chi connectivity index (χ4n) is 4.10. The van der Waals surface area contributed by atoms with E-state index < -0.39 is 7.26 Å². The third-order valence-electron chi connectivity index (χ3n) is 5.65. The molecule has 0 saturated carbocycles. The van der Waals surface area contributed by atoms with E-state index >= 15 is 0 Å². The number of nitrogens with zero attached hydrogens (tertiary/aromatic N) is 1. The third kappa shape index (κ3) is 4.61. The van der Waals surface area contributed by atoms with Crippen molar-refractivity contribution in [2.24, 2.45) is 0 Å². The highest BCUT2D eigenvalue weighted by Crippen LogP contribution is 2.58. The molecular formula is C28H22ClFNOP. The summed E-state index contributed by atoms with van der Waals surface area (Å²) in [5.74, 6) is 1.05. The lowest BCUT2D eigenvalue weighted by Gasteiger charge is -2.26. The summed E-state index contributed by atoms with van der Waals surface area (Å²) in [5.41, 5.74) is 0.813. The van der Waals surface area contributed by atoms with Gasteiger partial charge in [0.1, 0.15) is 35.2 Å². The van der Waals surface area contributed by atoms with E-state index in [-0.39, 0.29) is 18.2 Å². The number of aromatic nitrogens is 1. The van der Waals surface area contributed by atoms with Crippen molar-refractivity contribution < 1.29 is 21.2 Å². The van der Waals surface area contributed by atoms with Crippen molar-refractivity contribution in [1.29, 1.82) is 0 Å². The summed E-state index contributed by atoms with van der Waals surface area (Å²) in [7, 11) is -2.08. The number of rotatable bonds is 6. The standard InChI is InChI=1S/C28H22FNOP.ClH/c29-23-18-16-22(17-19-23)27-20-30-28(31-27)21-32(24-10-4-1-5-11-24,25-12-6-2-7-13-25)26-14-8-3-9-15-26;/h1-20H,21H2;1H/q+1;/p-1. The first-order valence-corrected chi connectivity index (χ1v) is 12.5. The molecule has 0 radical (unpaired) electrons. The van der Waals surface area contributed by atoms with Gasteiger partial charge in [-0.05, 0) is 60.7 Å². The molecule has 0 fully saturated rings. The van der Waals surface area contributed by atoms with Crippen LogP contribution in [-0.2, 0) is 6.16 Å². The number of benzene rings is 4. The Balaban J connectivity index is 0.00000259. The predicted molar refractivity (Wildman–Crippen MR) is 131 cm³/mol. The summed E-state index contributed by atoms with van der Waals surface area (Å²) in [6.45, 7) is 0. The second-order valence-corrected chi connectivity index (χ2v) is 11.1. The van der Waals surface area contributed by atoms with Gasteiger partial charge in [0, 0.05) is 5.56 Å². The van der Waals surface area contributed by atoms with E-state index in [9.17, 15) is 4.39 Å². The highest BCUT2D eigenvalue weighted by Gasteiger charge is 2.46. The fourth-order valence-corrected chi connectivity index (χ4v) is 8.14. The van der Waals surface area contributed by atoms with Gasteiger partial charge in [0.25, 0.3) is 0 Å². The Kier molecular flexibility index (Phi) is 7.03. The first-order valence-electron chi connectivity index (χ1n) is 10.5. The molecule has 164 valence electrons. The molecule has 0 aliphatic rings. The van der Waals surface area contributed by atoms with Crippen LogP contribution in [0.15, 0.2) is 126 Å². The molecule has 0 atom stereocenters. The van der Waals surface area contributed by atoms with Crippen LogP contribution >= 0.6 is 7.26 Å². The summed E-state index contributed by atoms with van der Waals surface area (Å²) >= 11 is 0. The monoisotopic (exact) mass is 473 g/mol. The molecule has 5 heteroatoms. The highest BCUT2D eigenvalue weighted by atomic mass is 35.5. The molecule has 0 aliphatic carbocycles. The zero-order chi connectivity index (χ0) is 21.8. The van der Waals surface area contributed by atoms with Crippen molar-refractivity contribution in [3.8, 4) is 11.3 Å². The summed E-state index contributed by atoms with van der Waals surface area (Å²) in [6, 6.07) is 38.2. The Hall–Kier alpha value is -3.26. The Morgan fingerprint density at radius 2 is 1.09 bits per heavy atom. The Morgan fingerprint density at radius 3 is 1.55 bits per heavy atom. The van der Waals surface area contributed by atoms with Crippen LogP contribution in [0, 0.1) is 5.82 Å². The number of oxazole rings is 1. The SMILES string of the molecule is Fc1ccc(-c2cnc(C[P+](c3ccccc3)(c3ccccc3)c3ccccc3)o2)cc1.[Cl-]. The van der Waals surface area contributed by atoms with Crippen molar-refractivity contribution in [3.05, 3.63) is 133 Å². The van der Waals surface area contributed by atoms with Gasteiger partial charge in [-0.3, -0.25) is 0 Å². The Morgan fingerprint density at radius 1 is 0.636 bits per heavy atom. The Bertz CT molecular complexity index is 1200. The average Bonchev–Trinajstić information content (AvgIpc) is 3.33. The summed E-state index contributed by atoms with van der Waals surface area (Å²) in [6.07, 6.45) is 2.39. The minimum absolute atomic E-state index is 0. The van der Waals surface area contributed by atoms with Gasteiger partial charge >= 0.3 is 0 Å². The quantitative estimate of drug-likeness (QED) is 0.354. The van der Waals surface area contributed by atoms with Crippen molar-refractivity contribution in [3.63, 3.8) is 0 Å². The zero-order valence-electron chi connectivity index (χ0n) is 17.8. The van der Waals surface area contributed by atoms with Crippen LogP contribution in [0.2, 0.25) is 0 Å². The van der Waals surface area contributed by atoms with E-state index in [2.05, 4.69) is 77.8 Å². The van der Waals surface area contributed by atoms with E-state index in [1.807, 2.05) is 18.2 Å². The van der Waals surface area contributed by atoms with Gasteiger partial charge < -0.3 is 16.8 Å². The topological polar surface area (TPSA) is 26.0 Å². The van der Waals surface area contributed by atoms with E-state index in [0.717, 1.165) is 5.56 Å². The maximum absolute atomic E-state index is 13.4. The van der Waals surface area contributed by atoms with Crippen molar-refractivity contribution in [2.75, 3.05) is 0 Å². The lowest BCUT2D eigenvalue weighted by atomic mass is 10.2. The average molecular weight is 474 g/mol. The van der Waals surface area contributed by atoms with Crippen LogP contribution < -0.4 is 28.3 Å². The minimum Gasteiger partial charge on any atom is -1.00 e. The van der Waals surface area contributed by atoms with Crippen molar-refractivity contribution in [1.82, 2.24) is 4.98 Å². The first kappa shape index (κ1) is 22.9. The van der Waals surface area contributed by atoms with Gasteiger partial charge in [-0.1, -0.05) is 54.6 Å². The van der Waals surface area contributed by atoms with E-state index in [0.29, 0.717) is 17.8 Å². The smallest absolute Gasteiger partial charge is 0.233 e. The lowest BCUT2D eigenvalue weighted by Crippen LogP contribution is -3.00. The van der Waals surface area contributed by atoms with Crippen LogP contribution in [0.4, 0.5) is 4.39 Å². The fraction of sp³-hybridized carbons (Fsp3) is 0.0357. The number of hydrogen-bond donors (Lipinski definition) is 0. The molecule has 2 nitrogen and oxygen atoms in total. The normalized spacial score (nSPS) is 11.1. The molecule has 0 amide bonds. The molecule has 1 heterocycles. The van der Waals surface area contributed by atoms with Crippen LogP contribution in [0.1, 0.15) is 5.89 Å². The molecule has 0 N–H and O–H groups in total. The van der Waals surface area contributed by atoms with Crippen LogP contribution in [-0.4, -0.2) is 4.98 Å². The second-order valence-electron chi connectivity index (χ2n) is 7.60. The number of hydrogen-bond acceptors (Lipinski definition) is 2. The second kappa shape index (κ2) is 10.1. The molecular weight excluding hydrogens is 452 g/mol. The minimum atomic E-state index is -2.08. The molecule has 5 rings (SSSR count). The lowest BCUT2D eigenvalue weighted by molar-refractivity contribution is -0.00000754. The van der Waals surface area contributed by atoms with Gasteiger partial charge in [-0.25, -0.2) is 9.37 Å². The molecule has 0 unspecified atom stereocenters. The molecule has 0 aliphatic heterocycles. The maximum atomic E-state index is 13.4. The van der Waals surface area contributed by atoms with Crippen molar-refractivity contribution >= 4 is 23.2 Å². The van der Waals surface area contributed by atoms with Crippen LogP contribution in [0.5, 0.6) is 0 Å². The van der Waals surface area contributed by atoms with Gasteiger partial charge in [0.05, 0.1) is 6.20 Å². The molecule has 0 saturated heterocycles. The summed E-state index contributed by atoms with van der Waals surface area (Å²) in [5, 5.41) is 3.83. The molecule has 0 bridgehead atoms. The van der Waals surface area contributed by atoms with Gasteiger partial charge in [-0.15, -0.1) is 0 Å². The van der Waals surface area contributed by atoms with Crippen molar-refractivity contribution in [2.45, 2.75) is 6.16 Å².